The average Bonchev–Trinajstić information content (AvgIpc) is 3.38. The molecule has 1 aromatic heterocycles. The summed E-state index contributed by atoms with van der Waals surface area (Å²) in [5.74, 6) is 1.43. The molecule has 3 rings (SSSR count). The predicted molar refractivity (Wildman–Crippen MR) is 85.2 cm³/mol. The fraction of sp³-hybridized carbons (Fsp3) is 0.688. The van der Waals surface area contributed by atoms with Crippen molar-refractivity contribution in [3.63, 3.8) is 0 Å². The van der Waals surface area contributed by atoms with Gasteiger partial charge in [0, 0.05) is 6.54 Å². The number of β-amino-alcohol motifs (C(OH)–C–C–N with tert-alkyl or cyclic N) is 1. The molecule has 1 aromatic rings. The van der Waals surface area contributed by atoms with E-state index in [1.165, 1.54) is 25.2 Å². The Morgan fingerprint density at radius 1 is 1.43 bits per heavy atom. The normalized spacial score (nSPS) is 23.3. The number of carbonyl (C=O) groups excluding carboxylic acids is 1. The van der Waals surface area contributed by atoms with Crippen LogP contribution in [0.2, 0.25) is 0 Å². The van der Waals surface area contributed by atoms with Gasteiger partial charge in [0.15, 0.2) is 5.82 Å². The van der Waals surface area contributed by atoms with E-state index in [1.807, 2.05) is 11.8 Å². The highest BCUT2D eigenvalue weighted by Crippen LogP contribution is 2.29. The first-order valence-corrected chi connectivity index (χ1v) is 8.29. The van der Waals surface area contributed by atoms with Gasteiger partial charge in [0.05, 0.1) is 31.1 Å². The maximum Gasteiger partial charge on any atom is 0.242 e. The van der Waals surface area contributed by atoms with Crippen molar-refractivity contribution in [3.05, 3.63) is 12.4 Å². The number of amides is 1. The van der Waals surface area contributed by atoms with Crippen LogP contribution < -0.4 is 10.1 Å². The number of piperidine rings is 1. The van der Waals surface area contributed by atoms with Crippen LogP contribution in [0.15, 0.2) is 12.4 Å². The molecular formula is C16H24N4O3. The van der Waals surface area contributed by atoms with Gasteiger partial charge in [-0.25, -0.2) is 9.97 Å². The van der Waals surface area contributed by atoms with Crippen LogP contribution >= 0.6 is 0 Å². The van der Waals surface area contributed by atoms with Crippen molar-refractivity contribution >= 4 is 11.7 Å². The van der Waals surface area contributed by atoms with Crippen LogP contribution in [-0.2, 0) is 4.79 Å². The van der Waals surface area contributed by atoms with Crippen molar-refractivity contribution in [1.82, 2.24) is 14.9 Å². The van der Waals surface area contributed by atoms with Crippen molar-refractivity contribution in [1.29, 1.82) is 0 Å². The molecule has 2 unspecified atom stereocenters. The van der Waals surface area contributed by atoms with Gasteiger partial charge >= 0.3 is 0 Å². The fourth-order valence-corrected chi connectivity index (χ4v) is 2.67. The summed E-state index contributed by atoms with van der Waals surface area (Å²) in [6, 6.07) is -0.308. The molecule has 0 spiro atoms. The molecule has 0 bridgehead atoms. The maximum absolute atomic E-state index is 12.3. The lowest BCUT2D eigenvalue weighted by atomic mass is 10.1. The van der Waals surface area contributed by atoms with Crippen LogP contribution in [0.25, 0.3) is 0 Å². The fourth-order valence-electron chi connectivity index (χ4n) is 2.67. The first kappa shape index (κ1) is 16.1. The number of aliphatic hydroxyl groups excluding tert-OH is 1. The summed E-state index contributed by atoms with van der Waals surface area (Å²) < 4.78 is 5.52. The second kappa shape index (κ2) is 7.23. The van der Waals surface area contributed by atoms with Crippen molar-refractivity contribution in [2.24, 2.45) is 5.92 Å². The molecule has 2 atom stereocenters. The SMILES string of the molecule is CC(C(=O)Nc1cnc(OCC2CC2)cn1)N1CCCC(O)C1. The Labute approximate surface area is 136 Å². The first-order valence-electron chi connectivity index (χ1n) is 8.29. The highest BCUT2D eigenvalue weighted by Gasteiger charge is 2.26. The number of nitrogens with zero attached hydrogens (tertiary/aromatic N) is 3. The van der Waals surface area contributed by atoms with Gasteiger partial charge in [0.1, 0.15) is 0 Å². The van der Waals surface area contributed by atoms with E-state index in [0.29, 0.717) is 30.8 Å². The summed E-state index contributed by atoms with van der Waals surface area (Å²) in [7, 11) is 0. The van der Waals surface area contributed by atoms with Crippen LogP contribution in [0.1, 0.15) is 32.6 Å². The Kier molecular flexibility index (Phi) is 5.07. The van der Waals surface area contributed by atoms with Crippen molar-refractivity contribution < 1.29 is 14.6 Å². The third-order valence-electron chi connectivity index (χ3n) is 4.40. The van der Waals surface area contributed by atoms with Gasteiger partial charge in [-0.15, -0.1) is 0 Å². The molecular weight excluding hydrogens is 296 g/mol. The summed E-state index contributed by atoms with van der Waals surface area (Å²) in [5.41, 5.74) is 0. The maximum atomic E-state index is 12.3. The van der Waals surface area contributed by atoms with Gasteiger partial charge in [0.25, 0.3) is 0 Å². The number of ether oxygens (including phenoxy) is 1. The Bertz CT molecular complexity index is 533. The minimum absolute atomic E-state index is 0.139. The van der Waals surface area contributed by atoms with Crippen LogP contribution in [0.5, 0.6) is 5.88 Å². The van der Waals surface area contributed by atoms with E-state index >= 15 is 0 Å². The Morgan fingerprint density at radius 2 is 2.26 bits per heavy atom. The van der Waals surface area contributed by atoms with Crippen LogP contribution in [0, 0.1) is 5.92 Å². The molecule has 7 nitrogen and oxygen atoms in total. The molecule has 0 radical (unpaired) electrons. The summed E-state index contributed by atoms with van der Waals surface area (Å²) in [4.78, 5) is 22.6. The molecule has 2 aliphatic rings. The quantitative estimate of drug-likeness (QED) is 0.814. The standard InChI is InChI=1S/C16H24N4O3/c1-11(20-6-2-3-13(21)9-20)16(22)19-14-7-18-15(8-17-14)23-10-12-4-5-12/h7-8,11-13,21H,2-6,9-10H2,1H3,(H,17,19,22). The molecule has 7 heteroatoms. The van der Waals surface area contributed by atoms with E-state index in [2.05, 4.69) is 15.3 Å². The predicted octanol–water partition coefficient (Wildman–Crippen LogP) is 1.05. The lowest BCUT2D eigenvalue weighted by molar-refractivity contribution is -0.121. The van der Waals surface area contributed by atoms with Crippen LogP contribution in [0.4, 0.5) is 5.82 Å². The highest BCUT2D eigenvalue weighted by atomic mass is 16.5. The van der Waals surface area contributed by atoms with Gasteiger partial charge in [-0.2, -0.15) is 0 Å². The Hall–Kier alpha value is -1.73. The number of aliphatic hydroxyl groups is 1. The molecule has 1 saturated carbocycles. The number of hydrogen-bond acceptors (Lipinski definition) is 6. The van der Waals surface area contributed by atoms with E-state index in [0.717, 1.165) is 19.4 Å². The van der Waals surface area contributed by atoms with Gasteiger partial charge in [0.2, 0.25) is 11.8 Å². The third kappa shape index (κ3) is 4.62. The van der Waals surface area contributed by atoms with Crippen LogP contribution in [0.3, 0.4) is 0 Å². The summed E-state index contributed by atoms with van der Waals surface area (Å²) in [6.07, 6.45) is 6.87. The number of anilines is 1. The van der Waals surface area contributed by atoms with E-state index in [1.54, 1.807) is 0 Å². The smallest absolute Gasteiger partial charge is 0.242 e. The zero-order chi connectivity index (χ0) is 16.2. The largest absolute Gasteiger partial charge is 0.476 e. The highest BCUT2D eigenvalue weighted by molar-refractivity contribution is 5.93. The van der Waals surface area contributed by atoms with Gasteiger partial charge in [-0.3, -0.25) is 9.69 Å². The van der Waals surface area contributed by atoms with E-state index < -0.39 is 0 Å². The van der Waals surface area contributed by atoms with E-state index in [-0.39, 0.29) is 18.1 Å². The molecule has 2 N–H and O–H groups in total. The number of aromatic nitrogens is 2. The van der Waals surface area contributed by atoms with Gasteiger partial charge in [-0.1, -0.05) is 0 Å². The zero-order valence-corrected chi connectivity index (χ0v) is 13.4. The average molecular weight is 320 g/mol. The second-order valence-corrected chi connectivity index (χ2v) is 6.45. The summed E-state index contributed by atoms with van der Waals surface area (Å²) >= 11 is 0. The lowest BCUT2D eigenvalue weighted by Crippen LogP contribution is -2.48. The Morgan fingerprint density at radius 3 is 2.91 bits per heavy atom. The van der Waals surface area contributed by atoms with Crippen LogP contribution in [-0.4, -0.2) is 57.7 Å². The number of nitrogens with one attached hydrogen (secondary N) is 1. The lowest BCUT2D eigenvalue weighted by Gasteiger charge is -2.33. The Balaban J connectivity index is 1.49. The molecule has 1 aliphatic heterocycles. The molecule has 1 amide bonds. The minimum atomic E-state index is -0.346. The number of hydrogen-bond donors (Lipinski definition) is 2. The number of rotatable bonds is 6. The number of carbonyl (C=O) groups is 1. The summed E-state index contributed by atoms with van der Waals surface area (Å²) in [5, 5.41) is 12.5. The van der Waals surface area contributed by atoms with Crippen molar-refractivity contribution in [3.8, 4) is 5.88 Å². The third-order valence-corrected chi connectivity index (χ3v) is 4.40. The molecule has 1 aliphatic carbocycles. The number of likely N-dealkylation sites (tertiary alicyclic amines) is 1. The van der Waals surface area contributed by atoms with Gasteiger partial charge < -0.3 is 15.2 Å². The monoisotopic (exact) mass is 320 g/mol. The summed E-state index contributed by atoms with van der Waals surface area (Å²) in [6.45, 7) is 3.89. The second-order valence-electron chi connectivity index (χ2n) is 6.45. The first-order chi connectivity index (χ1) is 11.1. The topological polar surface area (TPSA) is 87.6 Å². The minimum Gasteiger partial charge on any atom is -0.476 e. The zero-order valence-electron chi connectivity index (χ0n) is 13.4. The molecule has 1 saturated heterocycles. The van der Waals surface area contributed by atoms with Crippen molar-refractivity contribution in [2.45, 2.75) is 44.8 Å². The molecule has 0 aromatic carbocycles. The van der Waals surface area contributed by atoms with Crippen molar-refractivity contribution in [2.75, 3.05) is 25.0 Å². The molecule has 2 heterocycles. The van der Waals surface area contributed by atoms with Gasteiger partial charge in [-0.05, 0) is 45.1 Å². The molecule has 23 heavy (non-hydrogen) atoms. The van der Waals surface area contributed by atoms with E-state index in [9.17, 15) is 9.90 Å². The molecule has 2 fully saturated rings. The molecule has 126 valence electrons. The van der Waals surface area contributed by atoms with E-state index in [4.69, 9.17) is 4.74 Å².